The van der Waals surface area contributed by atoms with Crippen LogP contribution in [0.25, 0.3) is 0 Å². The van der Waals surface area contributed by atoms with Crippen LogP contribution >= 0.6 is 0 Å². The molecule has 0 aromatic rings. The number of rotatable bonds is 23. The van der Waals surface area contributed by atoms with Gasteiger partial charge in [-0.25, -0.2) is 0 Å². The normalized spacial score (nSPS) is 18.5. The summed E-state index contributed by atoms with van der Waals surface area (Å²) in [5.41, 5.74) is -0.143. The van der Waals surface area contributed by atoms with E-state index in [9.17, 15) is 9.59 Å². The van der Waals surface area contributed by atoms with E-state index in [-0.39, 0.29) is 18.0 Å². The minimum absolute atomic E-state index is 0.0566. The van der Waals surface area contributed by atoms with Crippen LogP contribution in [0, 0.1) is 0 Å². The molecule has 0 fully saturated rings. The molecule has 0 saturated heterocycles. The van der Waals surface area contributed by atoms with Gasteiger partial charge in [-0.15, -0.1) is 0 Å². The van der Waals surface area contributed by atoms with Crippen LogP contribution in [-0.2, 0) is 14.3 Å². The Morgan fingerprint density at radius 3 is 1.68 bits per heavy atom. The summed E-state index contributed by atoms with van der Waals surface area (Å²) in [6, 6.07) is 0. The Hall–Kier alpha value is -0.960. The molecule has 0 N–H and O–H groups in total. The summed E-state index contributed by atoms with van der Waals surface area (Å²) in [6.45, 7) is 7.26. The lowest BCUT2D eigenvalue weighted by molar-refractivity contribution is -0.148. The highest BCUT2D eigenvalue weighted by molar-refractivity contribution is 6.12. The number of ketones is 2. The van der Waals surface area contributed by atoms with Crippen molar-refractivity contribution in [2.45, 2.75) is 168 Å². The van der Waals surface area contributed by atoms with Gasteiger partial charge in [0.25, 0.3) is 0 Å². The summed E-state index contributed by atoms with van der Waals surface area (Å²) in [4.78, 5) is 26.3. The predicted molar refractivity (Wildman–Crippen MR) is 145 cm³/mol. The second-order valence-corrected chi connectivity index (χ2v) is 10.6. The van der Waals surface area contributed by atoms with Gasteiger partial charge in [0.15, 0.2) is 11.6 Å². The summed E-state index contributed by atoms with van der Waals surface area (Å²) in [5, 5.41) is 0. The molecule has 0 aromatic heterocycles. The third-order valence-corrected chi connectivity index (χ3v) is 7.42. The minimum Gasteiger partial charge on any atom is -0.366 e. The van der Waals surface area contributed by atoms with Crippen molar-refractivity contribution in [3.05, 3.63) is 11.6 Å². The number of allylic oxidation sites excluding steroid dienone is 1. The zero-order valence-corrected chi connectivity index (χ0v) is 23.1. The van der Waals surface area contributed by atoms with Crippen LogP contribution < -0.4 is 0 Å². The van der Waals surface area contributed by atoms with Crippen LogP contribution in [0.3, 0.4) is 0 Å². The van der Waals surface area contributed by atoms with Crippen molar-refractivity contribution >= 4 is 11.6 Å². The van der Waals surface area contributed by atoms with Gasteiger partial charge in [-0.05, 0) is 37.3 Å². The van der Waals surface area contributed by atoms with Crippen molar-refractivity contribution in [2.75, 3.05) is 6.61 Å². The zero-order chi connectivity index (χ0) is 24.9. The van der Waals surface area contributed by atoms with Crippen LogP contribution in [-0.4, -0.2) is 23.8 Å². The fourth-order valence-electron chi connectivity index (χ4n) is 5.06. The molecule has 1 rings (SSSR count). The molecular weight excluding hydrogens is 420 g/mol. The monoisotopic (exact) mass is 476 g/mol. The van der Waals surface area contributed by atoms with Gasteiger partial charge in [0.1, 0.15) is 5.60 Å². The van der Waals surface area contributed by atoms with Crippen molar-refractivity contribution in [1.82, 2.24) is 0 Å². The maximum absolute atomic E-state index is 13.3. The molecular formula is C31H56O3. The lowest BCUT2D eigenvalue weighted by Crippen LogP contribution is -2.46. The van der Waals surface area contributed by atoms with E-state index in [4.69, 9.17) is 4.74 Å². The summed E-state index contributed by atoms with van der Waals surface area (Å²) in [5.74, 6) is 0.207. The van der Waals surface area contributed by atoms with E-state index < -0.39 is 5.60 Å². The fourth-order valence-corrected chi connectivity index (χ4v) is 5.06. The highest BCUT2D eigenvalue weighted by atomic mass is 16.5. The quantitative estimate of drug-likeness (QED) is 0.138. The van der Waals surface area contributed by atoms with E-state index in [1.54, 1.807) is 6.08 Å². The molecule has 1 aliphatic carbocycles. The van der Waals surface area contributed by atoms with Gasteiger partial charge in [-0.2, -0.15) is 0 Å². The first-order chi connectivity index (χ1) is 16.6. The summed E-state index contributed by atoms with van der Waals surface area (Å²) < 4.78 is 6.24. The van der Waals surface area contributed by atoms with Crippen LogP contribution in [0.2, 0.25) is 0 Å². The number of ether oxygens (including phenoxy) is 1. The maximum Gasteiger partial charge on any atom is 0.188 e. The molecule has 0 heterocycles. The molecule has 198 valence electrons. The van der Waals surface area contributed by atoms with E-state index in [0.29, 0.717) is 13.0 Å². The Kier molecular flexibility index (Phi) is 18.5. The van der Waals surface area contributed by atoms with Gasteiger partial charge in [0, 0.05) is 13.0 Å². The van der Waals surface area contributed by atoms with E-state index in [1.165, 1.54) is 77.0 Å². The van der Waals surface area contributed by atoms with Gasteiger partial charge in [-0.1, -0.05) is 130 Å². The maximum atomic E-state index is 13.3. The molecule has 34 heavy (non-hydrogen) atoms. The van der Waals surface area contributed by atoms with E-state index >= 15 is 0 Å². The molecule has 3 nitrogen and oxygen atoms in total. The van der Waals surface area contributed by atoms with Crippen molar-refractivity contribution in [1.29, 1.82) is 0 Å². The SMILES string of the molecule is CCCCCCCCCCC1=CC(=O)C(CCCCCCCCCC)(OCCCCC)CC1=O. The molecule has 1 aliphatic rings. The van der Waals surface area contributed by atoms with Gasteiger partial charge >= 0.3 is 0 Å². The average molecular weight is 477 g/mol. The van der Waals surface area contributed by atoms with E-state index in [0.717, 1.165) is 56.9 Å². The topological polar surface area (TPSA) is 43.4 Å². The van der Waals surface area contributed by atoms with Gasteiger partial charge < -0.3 is 4.74 Å². The summed E-state index contributed by atoms with van der Waals surface area (Å²) in [6.07, 6.45) is 26.4. The molecule has 0 amide bonds. The molecule has 3 heteroatoms. The Morgan fingerprint density at radius 1 is 0.647 bits per heavy atom. The average Bonchev–Trinajstić information content (AvgIpc) is 2.83. The minimum atomic E-state index is -0.893. The highest BCUT2D eigenvalue weighted by Crippen LogP contribution is 2.33. The van der Waals surface area contributed by atoms with Crippen LogP contribution in [0.4, 0.5) is 0 Å². The molecule has 0 bridgehead atoms. The summed E-state index contributed by atoms with van der Waals surface area (Å²) in [7, 11) is 0. The highest BCUT2D eigenvalue weighted by Gasteiger charge is 2.43. The lowest BCUT2D eigenvalue weighted by atomic mass is 9.78. The first kappa shape index (κ1) is 31.1. The first-order valence-electron chi connectivity index (χ1n) is 15.0. The van der Waals surface area contributed by atoms with Crippen molar-refractivity contribution in [2.24, 2.45) is 0 Å². The van der Waals surface area contributed by atoms with E-state index in [1.807, 2.05) is 0 Å². The molecule has 0 saturated carbocycles. The molecule has 0 radical (unpaired) electrons. The molecule has 1 unspecified atom stereocenters. The molecule has 0 aromatic carbocycles. The van der Waals surface area contributed by atoms with Gasteiger partial charge in [-0.3, -0.25) is 9.59 Å². The smallest absolute Gasteiger partial charge is 0.188 e. The first-order valence-corrected chi connectivity index (χ1v) is 15.0. The molecule has 0 aliphatic heterocycles. The van der Waals surface area contributed by atoms with E-state index in [2.05, 4.69) is 20.8 Å². The number of hydrogen-bond acceptors (Lipinski definition) is 3. The van der Waals surface area contributed by atoms with Crippen LogP contribution in [0.1, 0.15) is 162 Å². The molecule has 1 atom stereocenters. The third kappa shape index (κ3) is 13.2. The number of unbranched alkanes of at least 4 members (excludes halogenated alkanes) is 16. The van der Waals surface area contributed by atoms with Crippen molar-refractivity contribution < 1.29 is 14.3 Å². The number of carbonyl (C=O) groups is 2. The zero-order valence-electron chi connectivity index (χ0n) is 23.1. The van der Waals surface area contributed by atoms with Crippen LogP contribution in [0.5, 0.6) is 0 Å². The number of hydrogen-bond donors (Lipinski definition) is 0. The fraction of sp³-hybridized carbons (Fsp3) is 0.871. The van der Waals surface area contributed by atoms with Gasteiger partial charge in [0.2, 0.25) is 0 Å². The summed E-state index contributed by atoms with van der Waals surface area (Å²) >= 11 is 0. The Balaban J connectivity index is 2.51. The Morgan fingerprint density at radius 2 is 1.12 bits per heavy atom. The van der Waals surface area contributed by atoms with Crippen molar-refractivity contribution in [3.63, 3.8) is 0 Å². The number of carbonyl (C=O) groups excluding carboxylic acids is 2. The predicted octanol–water partition coefficient (Wildman–Crippen LogP) is 9.46. The third-order valence-electron chi connectivity index (χ3n) is 7.42. The Bertz CT molecular complexity index is 565. The molecule has 0 spiro atoms. The number of Topliss-reactive ketones (excluding diaryl/α,β-unsaturated/α-hetero) is 1. The Labute approximate surface area is 211 Å². The largest absolute Gasteiger partial charge is 0.366 e. The van der Waals surface area contributed by atoms with Gasteiger partial charge in [0.05, 0.1) is 0 Å². The lowest BCUT2D eigenvalue weighted by Gasteiger charge is -2.34. The van der Waals surface area contributed by atoms with Crippen LogP contribution in [0.15, 0.2) is 11.6 Å². The second kappa shape index (κ2) is 20.3. The standard InChI is InChI=1S/C31H56O3/c1-4-7-10-12-14-16-18-20-23-28-26-30(33)31(27-29(28)32,34-25-22-9-6-3)24-21-19-17-15-13-11-8-5-2/h26H,4-25,27H2,1-3H3. The van der Waals surface area contributed by atoms with Crippen molar-refractivity contribution in [3.8, 4) is 0 Å². The second-order valence-electron chi connectivity index (χ2n) is 10.6.